The van der Waals surface area contributed by atoms with E-state index >= 15 is 0 Å². The highest BCUT2D eigenvalue weighted by Crippen LogP contribution is 2.19. The lowest BCUT2D eigenvalue weighted by atomic mass is 9.94. The molecular weight excluding hydrogens is 262 g/mol. The van der Waals surface area contributed by atoms with E-state index < -0.39 is 0 Å². The van der Waals surface area contributed by atoms with Crippen LogP contribution in [0, 0.1) is 12.8 Å². The second-order valence-corrected chi connectivity index (χ2v) is 5.60. The van der Waals surface area contributed by atoms with Crippen molar-refractivity contribution in [3.8, 4) is 0 Å². The lowest BCUT2D eigenvalue weighted by Gasteiger charge is -2.22. The van der Waals surface area contributed by atoms with Crippen LogP contribution in [-0.4, -0.2) is 28.0 Å². The van der Waals surface area contributed by atoms with E-state index in [1.165, 1.54) is 12.8 Å². The second-order valence-electron chi connectivity index (χ2n) is 5.60. The maximum absolute atomic E-state index is 4.40. The van der Waals surface area contributed by atoms with Gasteiger partial charge in [0.25, 0.3) is 0 Å². The van der Waals surface area contributed by atoms with Crippen LogP contribution in [0.1, 0.15) is 24.1 Å². The number of hydrogen-bond donors (Lipinski definition) is 2. The van der Waals surface area contributed by atoms with Gasteiger partial charge in [-0.3, -0.25) is 0 Å². The summed E-state index contributed by atoms with van der Waals surface area (Å²) in [5, 5.41) is 6.72. The molecule has 21 heavy (non-hydrogen) atoms. The fourth-order valence-electron chi connectivity index (χ4n) is 2.71. The van der Waals surface area contributed by atoms with E-state index in [-0.39, 0.29) is 0 Å². The summed E-state index contributed by atoms with van der Waals surface area (Å²) in [5.41, 5.74) is 2.20. The summed E-state index contributed by atoms with van der Waals surface area (Å²) in [6.07, 6.45) is 6.95. The van der Waals surface area contributed by atoms with Gasteiger partial charge in [0.1, 0.15) is 18.0 Å². The number of nitrogens with zero attached hydrogens (tertiary/aromatic N) is 3. The van der Waals surface area contributed by atoms with Crippen LogP contribution >= 0.6 is 0 Å². The van der Waals surface area contributed by atoms with Crippen LogP contribution in [-0.2, 0) is 6.42 Å². The molecule has 1 saturated heterocycles. The highest BCUT2D eigenvalue weighted by Gasteiger charge is 2.14. The molecule has 0 bridgehead atoms. The minimum Gasteiger partial charge on any atom is -0.325 e. The van der Waals surface area contributed by atoms with Crippen molar-refractivity contribution in [2.24, 2.45) is 5.92 Å². The summed E-state index contributed by atoms with van der Waals surface area (Å²) in [4.78, 5) is 13.0. The van der Waals surface area contributed by atoms with Crippen LogP contribution < -0.4 is 10.6 Å². The zero-order valence-electron chi connectivity index (χ0n) is 12.3. The molecule has 3 heterocycles. The number of aromatic nitrogens is 3. The quantitative estimate of drug-likeness (QED) is 0.902. The van der Waals surface area contributed by atoms with Crippen molar-refractivity contribution in [2.45, 2.75) is 26.2 Å². The molecule has 0 spiro atoms. The summed E-state index contributed by atoms with van der Waals surface area (Å²) in [6, 6.07) is 6.00. The molecule has 1 fully saturated rings. The summed E-state index contributed by atoms with van der Waals surface area (Å²) in [5.74, 6) is 2.34. The van der Waals surface area contributed by atoms with Gasteiger partial charge in [0.2, 0.25) is 0 Å². The summed E-state index contributed by atoms with van der Waals surface area (Å²) < 4.78 is 0. The van der Waals surface area contributed by atoms with Crippen LogP contribution in [0.25, 0.3) is 0 Å². The number of pyridine rings is 1. The molecular formula is C16H21N5. The number of aryl methyl sites for hydroxylation is 1. The monoisotopic (exact) mass is 283 g/mol. The Balaban J connectivity index is 1.69. The van der Waals surface area contributed by atoms with Gasteiger partial charge in [-0.1, -0.05) is 6.07 Å². The number of rotatable bonds is 4. The van der Waals surface area contributed by atoms with Crippen molar-refractivity contribution in [3.05, 3.63) is 42.0 Å². The maximum atomic E-state index is 4.40. The van der Waals surface area contributed by atoms with Crippen molar-refractivity contribution >= 4 is 11.6 Å². The van der Waals surface area contributed by atoms with E-state index in [2.05, 4.69) is 25.6 Å². The van der Waals surface area contributed by atoms with Gasteiger partial charge in [-0.15, -0.1) is 0 Å². The molecule has 5 heteroatoms. The largest absolute Gasteiger partial charge is 0.325 e. The molecule has 0 aromatic carbocycles. The van der Waals surface area contributed by atoms with Gasteiger partial charge in [-0.25, -0.2) is 15.0 Å². The molecule has 1 aliphatic rings. The molecule has 2 aromatic heterocycles. The van der Waals surface area contributed by atoms with Crippen molar-refractivity contribution in [3.63, 3.8) is 0 Å². The van der Waals surface area contributed by atoms with Crippen molar-refractivity contribution in [2.75, 3.05) is 18.4 Å². The normalized spacial score (nSPS) is 18.4. The van der Waals surface area contributed by atoms with E-state index in [1.54, 1.807) is 12.5 Å². The summed E-state index contributed by atoms with van der Waals surface area (Å²) in [6.45, 7) is 4.27. The third-order valence-corrected chi connectivity index (χ3v) is 3.88. The highest BCUT2D eigenvalue weighted by molar-refractivity contribution is 5.55. The van der Waals surface area contributed by atoms with Gasteiger partial charge >= 0.3 is 0 Å². The molecule has 1 unspecified atom stereocenters. The Hall–Kier alpha value is -2.01. The number of piperidine rings is 1. The van der Waals surface area contributed by atoms with Crippen LogP contribution in [0.3, 0.4) is 0 Å². The molecule has 110 valence electrons. The predicted octanol–water partition coefficient (Wildman–Crippen LogP) is 2.47. The zero-order chi connectivity index (χ0) is 14.5. The van der Waals surface area contributed by atoms with Crippen molar-refractivity contribution < 1.29 is 0 Å². The molecule has 0 saturated carbocycles. The molecule has 1 atom stereocenters. The molecule has 5 nitrogen and oxygen atoms in total. The smallest absolute Gasteiger partial charge is 0.135 e. The van der Waals surface area contributed by atoms with E-state index in [1.807, 2.05) is 25.1 Å². The average Bonchev–Trinajstić information content (AvgIpc) is 2.51. The minimum atomic E-state index is 0.679. The Morgan fingerprint density at radius 1 is 1.33 bits per heavy atom. The lowest BCUT2D eigenvalue weighted by molar-refractivity contribution is 0.373. The number of anilines is 2. The predicted molar refractivity (Wildman–Crippen MR) is 83.6 cm³/mol. The van der Waals surface area contributed by atoms with E-state index in [0.29, 0.717) is 5.92 Å². The fourth-order valence-corrected chi connectivity index (χ4v) is 2.71. The van der Waals surface area contributed by atoms with Crippen LogP contribution in [0.5, 0.6) is 0 Å². The van der Waals surface area contributed by atoms with Crippen molar-refractivity contribution in [1.82, 2.24) is 20.3 Å². The van der Waals surface area contributed by atoms with Gasteiger partial charge in [0, 0.05) is 18.0 Å². The second kappa shape index (κ2) is 6.63. The van der Waals surface area contributed by atoms with Crippen molar-refractivity contribution in [1.29, 1.82) is 0 Å². The lowest BCUT2D eigenvalue weighted by Crippen LogP contribution is -2.31. The van der Waals surface area contributed by atoms with Gasteiger partial charge in [0.15, 0.2) is 0 Å². The third-order valence-electron chi connectivity index (χ3n) is 3.88. The van der Waals surface area contributed by atoms with E-state index in [9.17, 15) is 0 Å². The first-order valence-corrected chi connectivity index (χ1v) is 7.51. The Morgan fingerprint density at radius 2 is 2.29 bits per heavy atom. The fraction of sp³-hybridized carbons (Fsp3) is 0.438. The molecule has 0 aliphatic carbocycles. The Kier molecular flexibility index (Phi) is 4.40. The molecule has 2 N–H and O–H groups in total. The molecule has 0 amide bonds. The average molecular weight is 283 g/mol. The van der Waals surface area contributed by atoms with Gasteiger partial charge in [-0.05, 0) is 56.8 Å². The number of hydrogen-bond acceptors (Lipinski definition) is 5. The first-order chi connectivity index (χ1) is 10.3. The summed E-state index contributed by atoms with van der Waals surface area (Å²) >= 11 is 0. The van der Waals surface area contributed by atoms with E-state index in [4.69, 9.17) is 0 Å². The van der Waals surface area contributed by atoms with Crippen LogP contribution in [0.4, 0.5) is 11.6 Å². The Bertz CT molecular complexity index is 593. The van der Waals surface area contributed by atoms with Crippen LogP contribution in [0.15, 0.2) is 30.7 Å². The van der Waals surface area contributed by atoms with E-state index in [0.717, 1.165) is 42.4 Å². The summed E-state index contributed by atoms with van der Waals surface area (Å²) in [7, 11) is 0. The Labute approximate surface area is 125 Å². The molecule has 2 aromatic rings. The minimum absolute atomic E-state index is 0.679. The number of nitrogens with one attached hydrogen (secondary N) is 2. The third kappa shape index (κ3) is 3.76. The van der Waals surface area contributed by atoms with Gasteiger partial charge in [-0.2, -0.15) is 0 Å². The highest BCUT2D eigenvalue weighted by atomic mass is 15.1. The van der Waals surface area contributed by atoms with Crippen LogP contribution in [0.2, 0.25) is 0 Å². The molecule has 1 aliphatic heterocycles. The SMILES string of the molecule is Cc1cccnc1Nc1cc(CC2CCCNC2)ncn1. The molecule has 3 rings (SSSR count). The first-order valence-electron chi connectivity index (χ1n) is 7.51. The maximum Gasteiger partial charge on any atom is 0.135 e. The first kappa shape index (κ1) is 13.9. The van der Waals surface area contributed by atoms with Gasteiger partial charge < -0.3 is 10.6 Å². The topological polar surface area (TPSA) is 62.7 Å². The van der Waals surface area contributed by atoms with Gasteiger partial charge in [0.05, 0.1) is 0 Å². The zero-order valence-corrected chi connectivity index (χ0v) is 12.3. The Morgan fingerprint density at radius 3 is 3.10 bits per heavy atom. The molecule has 0 radical (unpaired) electrons. The standard InChI is InChI=1S/C16H21N5/c1-12-4-2-7-18-16(12)21-15-9-14(19-11-20-15)8-13-5-3-6-17-10-13/h2,4,7,9,11,13,17H,3,5-6,8,10H2,1H3,(H,18,19,20,21).